The van der Waals surface area contributed by atoms with Crippen LogP contribution in [0.5, 0.6) is 0 Å². The molecule has 0 saturated carbocycles. The van der Waals surface area contributed by atoms with Crippen molar-refractivity contribution in [2.45, 2.75) is 40.7 Å². The molecular formula is C18H21N3O3. The molecule has 0 radical (unpaired) electrons. The second-order valence-electron chi connectivity index (χ2n) is 5.85. The summed E-state index contributed by atoms with van der Waals surface area (Å²) in [6.07, 6.45) is 1.86. The van der Waals surface area contributed by atoms with Crippen molar-refractivity contribution in [1.29, 1.82) is 0 Å². The summed E-state index contributed by atoms with van der Waals surface area (Å²) < 4.78 is 5.16. The molecule has 1 aromatic heterocycles. The van der Waals surface area contributed by atoms with Crippen molar-refractivity contribution < 1.29 is 14.3 Å². The SMILES string of the molecule is Cc1cc(C)c(NC(=O)[C@@H](C)OC(=O)c2cnc(C)cn2)c(C)c1. The molecule has 24 heavy (non-hydrogen) atoms. The Bertz CT molecular complexity index is 747. The maximum atomic E-state index is 12.3. The maximum Gasteiger partial charge on any atom is 0.359 e. The summed E-state index contributed by atoms with van der Waals surface area (Å²) in [6, 6.07) is 3.97. The van der Waals surface area contributed by atoms with Crippen LogP contribution in [0.25, 0.3) is 0 Å². The minimum atomic E-state index is -0.944. The number of ether oxygens (including phenoxy) is 1. The molecule has 0 fully saturated rings. The Morgan fingerprint density at radius 1 is 1.04 bits per heavy atom. The fourth-order valence-electron chi connectivity index (χ4n) is 2.37. The number of hydrogen-bond acceptors (Lipinski definition) is 5. The van der Waals surface area contributed by atoms with E-state index < -0.39 is 18.0 Å². The lowest BCUT2D eigenvalue weighted by Gasteiger charge is -2.16. The molecule has 0 spiro atoms. The van der Waals surface area contributed by atoms with Crippen molar-refractivity contribution in [2.24, 2.45) is 0 Å². The Labute approximate surface area is 141 Å². The van der Waals surface area contributed by atoms with Crippen molar-refractivity contribution in [2.75, 3.05) is 5.32 Å². The number of aryl methyl sites for hydroxylation is 4. The molecule has 2 aromatic rings. The summed E-state index contributed by atoms with van der Waals surface area (Å²) in [4.78, 5) is 32.2. The first-order valence-electron chi connectivity index (χ1n) is 7.66. The topological polar surface area (TPSA) is 81.2 Å². The van der Waals surface area contributed by atoms with Gasteiger partial charge in [-0.25, -0.2) is 9.78 Å². The third-order valence-electron chi connectivity index (χ3n) is 3.57. The summed E-state index contributed by atoms with van der Waals surface area (Å²) in [6.45, 7) is 9.14. The van der Waals surface area contributed by atoms with E-state index in [9.17, 15) is 9.59 Å². The Balaban J connectivity index is 2.05. The van der Waals surface area contributed by atoms with Crippen LogP contribution in [0, 0.1) is 27.7 Å². The van der Waals surface area contributed by atoms with Gasteiger partial charge < -0.3 is 10.1 Å². The number of aromatic nitrogens is 2. The van der Waals surface area contributed by atoms with E-state index in [0.717, 1.165) is 22.4 Å². The van der Waals surface area contributed by atoms with Crippen LogP contribution in [0.1, 0.15) is 39.8 Å². The average Bonchev–Trinajstić information content (AvgIpc) is 2.51. The molecule has 0 aliphatic rings. The van der Waals surface area contributed by atoms with Gasteiger partial charge in [-0.05, 0) is 45.7 Å². The molecule has 1 amide bonds. The minimum absolute atomic E-state index is 0.0722. The van der Waals surface area contributed by atoms with Gasteiger partial charge in [-0.1, -0.05) is 17.7 Å². The van der Waals surface area contributed by atoms with Crippen molar-refractivity contribution in [3.63, 3.8) is 0 Å². The zero-order chi connectivity index (χ0) is 17.9. The van der Waals surface area contributed by atoms with E-state index in [2.05, 4.69) is 15.3 Å². The molecule has 1 aromatic carbocycles. The van der Waals surface area contributed by atoms with Crippen molar-refractivity contribution in [3.05, 3.63) is 52.6 Å². The number of rotatable bonds is 4. The van der Waals surface area contributed by atoms with Crippen LogP contribution in [0.4, 0.5) is 5.69 Å². The van der Waals surface area contributed by atoms with Crippen LogP contribution in [0.3, 0.4) is 0 Å². The lowest BCUT2D eigenvalue weighted by Crippen LogP contribution is -2.30. The summed E-state index contributed by atoms with van der Waals surface area (Å²) >= 11 is 0. The quantitative estimate of drug-likeness (QED) is 0.873. The Morgan fingerprint density at radius 2 is 1.67 bits per heavy atom. The van der Waals surface area contributed by atoms with Crippen LogP contribution >= 0.6 is 0 Å². The van der Waals surface area contributed by atoms with E-state index in [1.807, 2.05) is 32.9 Å². The zero-order valence-corrected chi connectivity index (χ0v) is 14.5. The summed E-state index contributed by atoms with van der Waals surface area (Å²) in [5.41, 5.74) is 4.56. The first kappa shape index (κ1) is 17.6. The maximum absolute atomic E-state index is 12.3. The van der Waals surface area contributed by atoms with Gasteiger partial charge in [0.05, 0.1) is 11.9 Å². The second kappa shape index (κ2) is 7.21. The predicted molar refractivity (Wildman–Crippen MR) is 90.9 cm³/mol. The molecule has 0 saturated heterocycles. The average molecular weight is 327 g/mol. The van der Waals surface area contributed by atoms with Gasteiger partial charge in [0.2, 0.25) is 0 Å². The monoisotopic (exact) mass is 327 g/mol. The van der Waals surface area contributed by atoms with Crippen molar-refractivity contribution >= 4 is 17.6 Å². The summed E-state index contributed by atoms with van der Waals surface area (Å²) in [7, 11) is 0. The highest BCUT2D eigenvalue weighted by atomic mass is 16.5. The lowest BCUT2D eigenvalue weighted by molar-refractivity contribution is -0.123. The number of nitrogens with zero attached hydrogens (tertiary/aromatic N) is 2. The van der Waals surface area contributed by atoms with E-state index in [0.29, 0.717) is 5.69 Å². The molecule has 1 N–H and O–H groups in total. The van der Waals surface area contributed by atoms with Gasteiger partial charge in [-0.3, -0.25) is 9.78 Å². The van der Waals surface area contributed by atoms with E-state index in [1.165, 1.54) is 19.3 Å². The first-order valence-corrected chi connectivity index (χ1v) is 7.66. The molecular weight excluding hydrogens is 306 g/mol. The van der Waals surface area contributed by atoms with Crippen molar-refractivity contribution in [3.8, 4) is 0 Å². The Morgan fingerprint density at radius 3 is 2.21 bits per heavy atom. The molecule has 1 atom stereocenters. The van der Waals surface area contributed by atoms with Gasteiger partial charge in [-0.2, -0.15) is 0 Å². The molecule has 126 valence electrons. The normalized spacial score (nSPS) is 11.7. The van der Waals surface area contributed by atoms with Crippen molar-refractivity contribution in [1.82, 2.24) is 9.97 Å². The molecule has 0 aliphatic carbocycles. The van der Waals surface area contributed by atoms with Gasteiger partial charge in [-0.15, -0.1) is 0 Å². The number of hydrogen-bond donors (Lipinski definition) is 1. The largest absolute Gasteiger partial charge is 0.448 e. The number of benzene rings is 1. The summed E-state index contributed by atoms with van der Waals surface area (Å²) in [5, 5.41) is 2.82. The number of esters is 1. The van der Waals surface area contributed by atoms with E-state index in [4.69, 9.17) is 4.74 Å². The van der Waals surface area contributed by atoms with Crippen LogP contribution in [-0.4, -0.2) is 27.9 Å². The van der Waals surface area contributed by atoms with E-state index >= 15 is 0 Å². The van der Waals surface area contributed by atoms with Gasteiger partial charge >= 0.3 is 5.97 Å². The highest BCUT2D eigenvalue weighted by molar-refractivity contribution is 5.97. The molecule has 0 bridgehead atoms. The molecule has 1 heterocycles. The second-order valence-corrected chi connectivity index (χ2v) is 5.85. The van der Waals surface area contributed by atoms with Crippen LogP contribution in [0.15, 0.2) is 24.5 Å². The van der Waals surface area contributed by atoms with Gasteiger partial charge in [0.25, 0.3) is 5.91 Å². The zero-order valence-electron chi connectivity index (χ0n) is 14.5. The van der Waals surface area contributed by atoms with Crippen LogP contribution < -0.4 is 5.32 Å². The fourth-order valence-corrected chi connectivity index (χ4v) is 2.37. The minimum Gasteiger partial charge on any atom is -0.448 e. The van der Waals surface area contributed by atoms with E-state index in [1.54, 1.807) is 6.92 Å². The predicted octanol–water partition coefficient (Wildman–Crippen LogP) is 2.89. The standard InChI is InChI=1S/C18H21N3O3/c1-10-6-11(2)16(12(3)7-10)21-17(22)14(5)24-18(23)15-9-19-13(4)8-20-15/h6-9,14H,1-5H3,(H,21,22)/t14-/m1/s1. The van der Waals surface area contributed by atoms with Crippen LogP contribution in [-0.2, 0) is 9.53 Å². The molecule has 0 unspecified atom stereocenters. The third-order valence-corrected chi connectivity index (χ3v) is 3.57. The number of anilines is 1. The molecule has 6 heteroatoms. The molecule has 6 nitrogen and oxygen atoms in total. The lowest BCUT2D eigenvalue weighted by atomic mass is 10.0. The smallest absolute Gasteiger partial charge is 0.359 e. The van der Waals surface area contributed by atoms with Gasteiger partial charge in [0, 0.05) is 11.9 Å². The van der Waals surface area contributed by atoms with Crippen LogP contribution in [0.2, 0.25) is 0 Å². The number of carbonyl (C=O) groups is 2. The highest BCUT2D eigenvalue weighted by Gasteiger charge is 2.21. The van der Waals surface area contributed by atoms with Gasteiger partial charge in [0.15, 0.2) is 11.8 Å². The number of carbonyl (C=O) groups excluding carboxylic acids is 2. The molecule has 2 rings (SSSR count). The highest BCUT2D eigenvalue weighted by Crippen LogP contribution is 2.22. The van der Waals surface area contributed by atoms with Gasteiger partial charge in [0.1, 0.15) is 0 Å². The summed E-state index contributed by atoms with van der Waals surface area (Å²) in [5.74, 6) is -1.07. The third kappa shape index (κ3) is 4.16. The Kier molecular flexibility index (Phi) is 5.28. The first-order chi connectivity index (χ1) is 11.3. The van der Waals surface area contributed by atoms with E-state index in [-0.39, 0.29) is 5.69 Å². The molecule has 0 aliphatic heterocycles. The number of amides is 1. The Hall–Kier alpha value is -2.76. The number of nitrogens with one attached hydrogen (secondary N) is 1. The fraction of sp³-hybridized carbons (Fsp3) is 0.333.